The summed E-state index contributed by atoms with van der Waals surface area (Å²) in [7, 11) is 0. The van der Waals surface area contributed by atoms with E-state index in [4.69, 9.17) is 11.6 Å². The van der Waals surface area contributed by atoms with Crippen molar-refractivity contribution in [1.82, 2.24) is 10.2 Å². The molecule has 22 heavy (non-hydrogen) atoms. The Balaban J connectivity index is 2.47. The van der Waals surface area contributed by atoms with E-state index >= 15 is 0 Å². The zero-order valence-electron chi connectivity index (χ0n) is 13.1. The van der Waals surface area contributed by atoms with E-state index in [1.807, 2.05) is 20.8 Å². The van der Waals surface area contributed by atoms with Gasteiger partial charge in [0, 0.05) is 37.2 Å². The van der Waals surface area contributed by atoms with Crippen molar-refractivity contribution in [2.24, 2.45) is 5.41 Å². The maximum absolute atomic E-state index is 13.0. The van der Waals surface area contributed by atoms with Crippen LogP contribution in [0.3, 0.4) is 0 Å². The zero-order chi connectivity index (χ0) is 16.5. The van der Waals surface area contributed by atoms with E-state index in [0.717, 1.165) is 32.2 Å². The molecule has 0 unspecified atom stereocenters. The van der Waals surface area contributed by atoms with Crippen molar-refractivity contribution in [3.8, 4) is 0 Å². The summed E-state index contributed by atoms with van der Waals surface area (Å²) >= 11 is 6.26. The Morgan fingerprint density at radius 2 is 1.73 bits per heavy atom. The highest BCUT2D eigenvalue weighted by molar-refractivity contribution is 6.31. The topological polar surface area (TPSA) is 15.3 Å². The van der Waals surface area contributed by atoms with E-state index in [-0.39, 0.29) is 11.5 Å². The molecule has 124 valence electrons. The fraction of sp³-hybridized carbons (Fsp3) is 0.625. The number of hydrogen-bond donors (Lipinski definition) is 1. The Hall–Kier alpha value is -0.780. The fourth-order valence-corrected chi connectivity index (χ4v) is 3.30. The van der Waals surface area contributed by atoms with Crippen LogP contribution in [0.2, 0.25) is 5.02 Å². The molecule has 0 aliphatic carbocycles. The summed E-state index contributed by atoms with van der Waals surface area (Å²) in [4.78, 5) is 2.22. The van der Waals surface area contributed by atoms with Gasteiger partial charge in [-0.05, 0) is 29.2 Å². The van der Waals surface area contributed by atoms with Gasteiger partial charge in [0.2, 0.25) is 0 Å². The number of nitrogens with one attached hydrogen (secondary N) is 1. The average molecular weight is 335 g/mol. The number of halogens is 4. The average Bonchev–Trinajstić information content (AvgIpc) is 2.39. The van der Waals surface area contributed by atoms with Gasteiger partial charge in [-0.3, -0.25) is 4.90 Å². The molecule has 1 saturated heterocycles. The lowest BCUT2D eigenvalue weighted by Crippen LogP contribution is -2.48. The summed E-state index contributed by atoms with van der Waals surface area (Å²) in [6.07, 6.45) is -4.36. The van der Waals surface area contributed by atoms with E-state index in [1.165, 1.54) is 12.1 Å². The van der Waals surface area contributed by atoms with Crippen LogP contribution in [-0.2, 0) is 6.18 Å². The largest absolute Gasteiger partial charge is 0.416 e. The summed E-state index contributed by atoms with van der Waals surface area (Å²) in [6, 6.07) is 3.47. The Kier molecular flexibility index (Phi) is 5.09. The molecule has 0 bridgehead atoms. The second kappa shape index (κ2) is 6.38. The summed E-state index contributed by atoms with van der Waals surface area (Å²) in [6.45, 7) is 9.39. The molecule has 2 rings (SSSR count). The molecule has 1 N–H and O–H groups in total. The molecule has 1 heterocycles. The lowest BCUT2D eigenvalue weighted by atomic mass is 9.80. The van der Waals surface area contributed by atoms with E-state index in [1.54, 1.807) is 0 Å². The molecule has 0 saturated carbocycles. The highest BCUT2D eigenvalue weighted by Crippen LogP contribution is 2.43. The van der Waals surface area contributed by atoms with E-state index in [9.17, 15) is 13.2 Å². The standard InChI is InChI=1S/C16H22ClF3N2/c1-15(2,3)14(22-8-6-21-7-9-22)12-10-11(16(18,19)20)4-5-13(12)17/h4-5,10,14,21H,6-9H2,1-3H3/t14-/m1/s1. The first kappa shape index (κ1) is 17.6. The molecule has 2 nitrogen and oxygen atoms in total. The highest BCUT2D eigenvalue weighted by atomic mass is 35.5. The number of hydrogen-bond acceptors (Lipinski definition) is 2. The highest BCUT2D eigenvalue weighted by Gasteiger charge is 2.37. The molecule has 0 aromatic heterocycles. The minimum absolute atomic E-state index is 0.149. The van der Waals surface area contributed by atoms with Crippen molar-refractivity contribution >= 4 is 11.6 Å². The third-order valence-electron chi connectivity index (χ3n) is 3.95. The maximum Gasteiger partial charge on any atom is 0.416 e. The number of alkyl halides is 3. The van der Waals surface area contributed by atoms with E-state index in [0.29, 0.717) is 10.6 Å². The van der Waals surface area contributed by atoms with Crippen LogP contribution >= 0.6 is 11.6 Å². The van der Waals surface area contributed by atoms with Crippen LogP contribution in [0.5, 0.6) is 0 Å². The molecule has 0 amide bonds. The van der Waals surface area contributed by atoms with Crippen LogP contribution in [0.4, 0.5) is 13.2 Å². The lowest BCUT2D eigenvalue weighted by molar-refractivity contribution is -0.137. The van der Waals surface area contributed by atoms with Crippen molar-refractivity contribution in [2.45, 2.75) is 33.0 Å². The Bertz CT molecular complexity index is 517. The molecule has 6 heteroatoms. The normalized spacial score (nSPS) is 19.2. The van der Waals surface area contributed by atoms with Crippen LogP contribution in [0.25, 0.3) is 0 Å². The number of benzene rings is 1. The van der Waals surface area contributed by atoms with Crippen LogP contribution in [0.1, 0.15) is 37.9 Å². The van der Waals surface area contributed by atoms with Crippen LogP contribution in [-0.4, -0.2) is 31.1 Å². The summed E-state index contributed by atoms with van der Waals surface area (Å²) < 4.78 is 39.1. The van der Waals surface area contributed by atoms with Crippen LogP contribution in [0, 0.1) is 5.41 Å². The van der Waals surface area contributed by atoms with Crippen molar-refractivity contribution in [3.63, 3.8) is 0 Å². The summed E-state index contributed by atoms with van der Waals surface area (Å²) in [5.74, 6) is 0. The minimum Gasteiger partial charge on any atom is -0.314 e. The number of nitrogens with zero attached hydrogens (tertiary/aromatic N) is 1. The first-order chi connectivity index (χ1) is 10.1. The van der Waals surface area contributed by atoms with E-state index < -0.39 is 11.7 Å². The van der Waals surface area contributed by atoms with Crippen molar-refractivity contribution < 1.29 is 13.2 Å². The Morgan fingerprint density at radius 3 is 2.23 bits per heavy atom. The second-order valence-electron chi connectivity index (χ2n) is 6.79. The quantitative estimate of drug-likeness (QED) is 0.865. The van der Waals surface area contributed by atoms with Gasteiger partial charge >= 0.3 is 6.18 Å². The molecule has 1 atom stereocenters. The van der Waals surface area contributed by atoms with Crippen LogP contribution in [0.15, 0.2) is 18.2 Å². The molecular formula is C16H22ClF3N2. The third kappa shape index (κ3) is 3.94. The molecule has 1 fully saturated rings. The van der Waals surface area contributed by atoms with Gasteiger partial charge < -0.3 is 5.32 Å². The van der Waals surface area contributed by atoms with Gasteiger partial charge in [-0.2, -0.15) is 13.2 Å². The van der Waals surface area contributed by atoms with Gasteiger partial charge in [0.1, 0.15) is 0 Å². The van der Waals surface area contributed by atoms with Gasteiger partial charge in [-0.1, -0.05) is 32.4 Å². The monoisotopic (exact) mass is 334 g/mol. The lowest BCUT2D eigenvalue weighted by Gasteiger charge is -2.43. The number of rotatable bonds is 2. The maximum atomic E-state index is 13.0. The second-order valence-corrected chi connectivity index (χ2v) is 7.20. The van der Waals surface area contributed by atoms with E-state index in [2.05, 4.69) is 10.2 Å². The molecule has 1 aromatic carbocycles. The summed E-state index contributed by atoms with van der Waals surface area (Å²) in [5.41, 5.74) is -0.298. The summed E-state index contributed by atoms with van der Waals surface area (Å²) in [5, 5.41) is 3.66. The SMILES string of the molecule is CC(C)(C)[C@@H](c1cc(C(F)(F)F)ccc1Cl)N1CCNCC1. The third-order valence-corrected chi connectivity index (χ3v) is 4.30. The van der Waals surface area contributed by atoms with Gasteiger partial charge in [0.25, 0.3) is 0 Å². The molecule has 0 radical (unpaired) electrons. The minimum atomic E-state index is -4.36. The van der Waals surface area contributed by atoms with Crippen molar-refractivity contribution in [1.29, 1.82) is 0 Å². The van der Waals surface area contributed by atoms with Gasteiger partial charge in [0.05, 0.1) is 5.56 Å². The first-order valence-electron chi connectivity index (χ1n) is 7.42. The van der Waals surface area contributed by atoms with Gasteiger partial charge in [0.15, 0.2) is 0 Å². The van der Waals surface area contributed by atoms with Gasteiger partial charge in [-0.25, -0.2) is 0 Å². The predicted molar refractivity (Wildman–Crippen MR) is 83.1 cm³/mol. The molecule has 1 aliphatic rings. The van der Waals surface area contributed by atoms with Crippen molar-refractivity contribution in [2.75, 3.05) is 26.2 Å². The van der Waals surface area contributed by atoms with Crippen molar-refractivity contribution in [3.05, 3.63) is 34.3 Å². The predicted octanol–water partition coefficient (Wildman–Crippen LogP) is 4.35. The van der Waals surface area contributed by atoms with Crippen LogP contribution < -0.4 is 5.32 Å². The van der Waals surface area contributed by atoms with Gasteiger partial charge in [-0.15, -0.1) is 0 Å². The molecule has 1 aliphatic heterocycles. The smallest absolute Gasteiger partial charge is 0.314 e. The Labute approximate surface area is 134 Å². The zero-order valence-corrected chi connectivity index (χ0v) is 13.9. The fourth-order valence-electron chi connectivity index (χ4n) is 3.08. The number of piperazine rings is 1. The molecule has 0 spiro atoms. The molecule has 1 aromatic rings. The molecular weight excluding hydrogens is 313 g/mol. The first-order valence-corrected chi connectivity index (χ1v) is 7.80. The Morgan fingerprint density at radius 1 is 1.14 bits per heavy atom.